The fourth-order valence-electron chi connectivity index (χ4n) is 4.79. The van der Waals surface area contributed by atoms with Crippen molar-refractivity contribution in [1.82, 2.24) is 9.38 Å². The zero-order valence-electron chi connectivity index (χ0n) is 18.9. The molecule has 7 aromatic rings. The molecule has 0 amide bonds. The number of hydrogen-bond donors (Lipinski definition) is 0. The quantitative estimate of drug-likeness (QED) is 0.269. The second kappa shape index (κ2) is 7.89. The number of rotatable bonds is 4. The molecule has 5 aromatic carbocycles. The van der Waals surface area contributed by atoms with Gasteiger partial charge in [0.15, 0.2) is 11.4 Å². The number of para-hydroxylation sites is 4. The van der Waals surface area contributed by atoms with Gasteiger partial charge < -0.3 is 4.42 Å². The van der Waals surface area contributed by atoms with Crippen LogP contribution in [0.1, 0.15) is 0 Å². The van der Waals surface area contributed by atoms with E-state index in [2.05, 4.69) is 106 Å². The SMILES string of the molecule is c1ccc(N(c2ccccc2)c2c(-c3ccc4ccccc4c3)nc3oc4ccccc4n23)cc1. The molecule has 2 aromatic heterocycles. The molecule has 0 aliphatic carbocycles. The number of aromatic nitrogens is 2. The number of anilines is 3. The van der Waals surface area contributed by atoms with Crippen molar-refractivity contribution < 1.29 is 4.42 Å². The lowest BCUT2D eigenvalue weighted by Crippen LogP contribution is -2.13. The van der Waals surface area contributed by atoms with Crippen LogP contribution in [-0.2, 0) is 0 Å². The highest BCUT2D eigenvalue weighted by molar-refractivity contribution is 5.94. The maximum Gasteiger partial charge on any atom is 0.309 e. The molecule has 0 bridgehead atoms. The number of hydrogen-bond acceptors (Lipinski definition) is 3. The molecule has 7 rings (SSSR count). The monoisotopic (exact) mass is 451 g/mol. The van der Waals surface area contributed by atoms with Gasteiger partial charge in [0, 0.05) is 16.9 Å². The summed E-state index contributed by atoms with van der Waals surface area (Å²) in [4.78, 5) is 7.31. The first-order valence-corrected chi connectivity index (χ1v) is 11.7. The Morgan fingerprint density at radius 3 is 1.97 bits per heavy atom. The van der Waals surface area contributed by atoms with Crippen LogP contribution in [0.4, 0.5) is 17.2 Å². The van der Waals surface area contributed by atoms with Crippen molar-refractivity contribution in [3.05, 3.63) is 127 Å². The number of benzene rings is 5. The van der Waals surface area contributed by atoms with Crippen LogP contribution in [0, 0.1) is 0 Å². The van der Waals surface area contributed by atoms with Crippen molar-refractivity contribution >= 4 is 44.9 Å². The van der Waals surface area contributed by atoms with Crippen molar-refractivity contribution in [3.63, 3.8) is 0 Å². The summed E-state index contributed by atoms with van der Waals surface area (Å²) in [5.74, 6) is 1.51. The van der Waals surface area contributed by atoms with Crippen LogP contribution < -0.4 is 4.90 Å². The smallest absolute Gasteiger partial charge is 0.309 e. The molecule has 0 spiro atoms. The topological polar surface area (TPSA) is 33.7 Å². The van der Waals surface area contributed by atoms with Crippen LogP contribution in [-0.4, -0.2) is 9.38 Å². The molecule has 2 heterocycles. The van der Waals surface area contributed by atoms with E-state index in [-0.39, 0.29) is 0 Å². The van der Waals surface area contributed by atoms with Crippen LogP contribution >= 0.6 is 0 Å². The van der Waals surface area contributed by atoms with Gasteiger partial charge in [-0.2, -0.15) is 4.98 Å². The third kappa shape index (κ3) is 3.19. The Labute approximate surface area is 202 Å². The van der Waals surface area contributed by atoms with E-state index in [1.54, 1.807) is 0 Å². The molecule has 166 valence electrons. The second-order valence-electron chi connectivity index (χ2n) is 8.54. The number of imidazole rings is 1. The lowest BCUT2D eigenvalue weighted by molar-refractivity contribution is 0.642. The molecular weight excluding hydrogens is 430 g/mol. The summed E-state index contributed by atoms with van der Waals surface area (Å²) in [5, 5.41) is 2.38. The molecule has 4 heteroatoms. The number of oxazole rings is 1. The molecule has 0 atom stereocenters. The Kier molecular flexibility index (Phi) is 4.42. The van der Waals surface area contributed by atoms with Crippen LogP contribution in [0.3, 0.4) is 0 Å². The Bertz CT molecular complexity index is 1760. The van der Waals surface area contributed by atoms with E-state index in [0.717, 1.165) is 39.5 Å². The summed E-state index contributed by atoms with van der Waals surface area (Å²) in [7, 11) is 0. The lowest BCUT2D eigenvalue weighted by Gasteiger charge is -2.25. The normalized spacial score (nSPS) is 11.4. The fraction of sp³-hybridized carbons (Fsp3) is 0. The van der Waals surface area contributed by atoms with E-state index in [4.69, 9.17) is 9.40 Å². The first-order valence-electron chi connectivity index (χ1n) is 11.7. The summed E-state index contributed by atoms with van der Waals surface area (Å²) < 4.78 is 8.35. The van der Waals surface area contributed by atoms with Gasteiger partial charge in [-0.3, -0.25) is 4.90 Å². The predicted molar refractivity (Wildman–Crippen MR) is 143 cm³/mol. The highest BCUT2D eigenvalue weighted by Gasteiger charge is 2.26. The average molecular weight is 452 g/mol. The molecule has 0 fully saturated rings. The highest BCUT2D eigenvalue weighted by atomic mass is 16.4. The van der Waals surface area contributed by atoms with Gasteiger partial charge in [0.2, 0.25) is 0 Å². The minimum atomic E-state index is 0.571. The van der Waals surface area contributed by atoms with Gasteiger partial charge in [-0.1, -0.05) is 84.9 Å². The molecular formula is C31H21N3O. The van der Waals surface area contributed by atoms with Gasteiger partial charge >= 0.3 is 5.84 Å². The molecule has 0 unspecified atom stereocenters. The second-order valence-corrected chi connectivity index (χ2v) is 8.54. The summed E-state index contributed by atoms with van der Waals surface area (Å²) >= 11 is 0. The largest absolute Gasteiger partial charge is 0.423 e. The molecule has 0 saturated carbocycles. The molecule has 0 aliphatic rings. The van der Waals surface area contributed by atoms with Crippen molar-refractivity contribution in [1.29, 1.82) is 0 Å². The van der Waals surface area contributed by atoms with Crippen molar-refractivity contribution in [2.75, 3.05) is 4.90 Å². The van der Waals surface area contributed by atoms with Crippen LogP contribution in [0.5, 0.6) is 0 Å². The lowest BCUT2D eigenvalue weighted by atomic mass is 10.0. The summed E-state index contributed by atoms with van der Waals surface area (Å²) in [6, 6.07) is 43.8. The molecule has 4 nitrogen and oxygen atoms in total. The number of nitrogens with zero attached hydrogens (tertiary/aromatic N) is 3. The van der Waals surface area contributed by atoms with E-state index >= 15 is 0 Å². The minimum Gasteiger partial charge on any atom is -0.423 e. The van der Waals surface area contributed by atoms with Gasteiger partial charge in [-0.25, -0.2) is 4.40 Å². The molecule has 0 saturated heterocycles. The van der Waals surface area contributed by atoms with E-state index in [9.17, 15) is 0 Å². The first kappa shape index (κ1) is 19.6. The van der Waals surface area contributed by atoms with Gasteiger partial charge in [0.05, 0.1) is 5.52 Å². The molecule has 0 N–H and O–H groups in total. The number of fused-ring (bicyclic) bond motifs is 4. The predicted octanol–water partition coefficient (Wildman–Crippen LogP) is 8.37. The Morgan fingerprint density at radius 1 is 0.600 bits per heavy atom. The van der Waals surface area contributed by atoms with Crippen molar-refractivity contribution in [3.8, 4) is 11.3 Å². The zero-order valence-corrected chi connectivity index (χ0v) is 18.9. The summed E-state index contributed by atoms with van der Waals surface area (Å²) in [5.41, 5.74) is 5.79. The standard InChI is InChI=1S/C31H21N3O/c1-3-13-25(14-4-1)33(26-15-5-2-6-16-26)30-29(24-20-19-22-11-7-8-12-23(22)21-24)32-31-34(30)27-17-9-10-18-28(27)35-31/h1-21H. The minimum absolute atomic E-state index is 0.571. The van der Waals surface area contributed by atoms with Gasteiger partial charge in [-0.15, -0.1) is 0 Å². The van der Waals surface area contributed by atoms with Gasteiger partial charge in [0.1, 0.15) is 5.69 Å². The van der Waals surface area contributed by atoms with Crippen LogP contribution in [0.15, 0.2) is 132 Å². The third-order valence-corrected chi connectivity index (χ3v) is 6.39. The van der Waals surface area contributed by atoms with Crippen molar-refractivity contribution in [2.45, 2.75) is 0 Å². The summed E-state index contributed by atoms with van der Waals surface area (Å²) in [6.45, 7) is 0. The Hall–Kier alpha value is -4.83. The fourth-order valence-corrected chi connectivity index (χ4v) is 4.79. The van der Waals surface area contributed by atoms with Crippen LogP contribution in [0.25, 0.3) is 39.0 Å². The Morgan fingerprint density at radius 2 is 1.23 bits per heavy atom. The van der Waals surface area contributed by atoms with Gasteiger partial charge in [0.25, 0.3) is 0 Å². The highest BCUT2D eigenvalue weighted by Crippen LogP contribution is 2.43. The van der Waals surface area contributed by atoms with E-state index in [1.807, 2.05) is 30.3 Å². The van der Waals surface area contributed by atoms with Crippen molar-refractivity contribution in [2.24, 2.45) is 0 Å². The third-order valence-electron chi connectivity index (χ3n) is 6.39. The molecule has 0 aliphatic heterocycles. The molecule has 0 radical (unpaired) electrons. The maximum absolute atomic E-state index is 6.23. The summed E-state index contributed by atoms with van der Waals surface area (Å²) in [6.07, 6.45) is 0. The van der Waals surface area contributed by atoms with E-state index in [0.29, 0.717) is 5.84 Å². The maximum atomic E-state index is 6.23. The Balaban J connectivity index is 1.59. The van der Waals surface area contributed by atoms with E-state index in [1.165, 1.54) is 10.8 Å². The first-order chi connectivity index (χ1) is 17.4. The zero-order chi connectivity index (χ0) is 23.2. The van der Waals surface area contributed by atoms with E-state index < -0.39 is 0 Å². The average Bonchev–Trinajstić information content (AvgIpc) is 3.47. The molecule has 35 heavy (non-hydrogen) atoms. The van der Waals surface area contributed by atoms with Crippen LogP contribution in [0.2, 0.25) is 0 Å². The van der Waals surface area contributed by atoms with Gasteiger partial charge in [-0.05, 0) is 53.2 Å².